The number of hydrogen-bond donors (Lipinski definition) is 4. The van der Waals surface area contributed by atoms with Crippen molar-refractivity contribution in [2.24, 2.45) is 5.73 Å². The molecule has 9 heavy (non-hydrogen) atoms. The molecular formula is CH5LiNO5P. The fraction of sp³-hybridized carbons (Fsp3) is 0. The number of hydrogen-bond acceptors (Lipinski definition) is 2. The van der Waals surface area contributed by atoms with E-state index in [0.29, 0.717) is 0 Å². The molecule has 0 aliphatic rings. The van der Waals surface area contributed by atoms with Gasteiger partial charge in [-0.3, -0.25) is 0 Å². The molecule has 6 nitrogen and oxygen atoms in total. The van der Waals surface area contributed by atoms with E-state index in [4.69, 9.17) is 19.2 Å². The molecule has 0 aromatic rings. The van der Waals surface area contributed by atoms with Crippen molar-refractivity contribution < 1.29 is 24.0 Å². The third-order valence-electron chi connectivity index (χ3n) is 0. The quantitative estimate of drug-likeness (QED) is 0.241. The number of carbonyl (C=O) groups is 1. The molecule has 0 heterocycles. The zero-order valence-electron chi connectivity index (χ0n) is 4.68. The van der Waals surface area contributed by atoms with Crippen molar-refractivity contribution in [2.45, 2.75) is 0 Å². The summed E-state index contributed by atoms with van der Waals surface area (Å²) < 4.78 is 8.55. The number of amides is 1. The third-order valence-corrected chi connectivity index (χ3v) is 0. The summed E-state index contributed by atoms with van der Waals surface area (Å²) in [6, 6.07) is 0. The van der Waals surface area contributed by atoms with Crippen molar-refractivity contribution in [3.05, 3.63) is 0 Å². The molecule has 5 N–H and O–H groups in total. The molecule has 0 spiro atoms. The molecule has 0 rings (SSSR count). The van der Waals surface area contributed by atoms with Crippen LogP contribution in [0.1, 0.15) is 0 Å². The minimum atomic E-state index is -4.64. The van der Waals surface area contributed by atoms with Gasteiger partial charge >= 0.3 is 40.6 Å². The summed E-state index contributed by atoms with van der Waals surface area (Å²) >= 11 is 1.31. The van der Waals surface area contributed by atoms with E-state index in [9.17, 15) is 4.79 Å². The first kappa shape index (κ1) is 11.9. The molecule has 0 fully saturated rings. The second-order valence-corrected chi connectivity index (χ2v) is 2.15. The molecule has 0 aromatic heterocycles. The van der Waals surface area contributed by atoms with E-state index >= 15 is 0 Å². The first-order valence-electron chi connectivity index (χ1n) is 1.78. The second kappa shape index (κ2) is 5.00. The van der Waals surface area contributed by atoms with Crippen LogP contribution in [0.5, 0.6) is 0 Å². The molecule has 50 valence electrons. The summed E-state index contributed by atoms with van der Waals surface area (Å²) in [5.74, 6) is 0. The number of carbonyl (C=O) groups excluding carboxylic acids is 1. The average molecular weight is 149 g/mol. The molecule has 0 aliphatic carbocycles. The van der Waals surface area contributed by atoms with E-state index in [0.717, 1.165) is 0 Å². The van der Waals surface area contributed by atoms with Gasteiger partial charge in [-0.1, -0.05) is 0 Å². The van der Waals surface area contributed by atoms with Crippen molar-refractivity contribution >= 4 is 30.1 Å². The van der Waals surface area contributed by atoms with E-state index in [1.54, 1.807) is 0 Å². The van der Waals surface area contributed by atoms with Gasteiger partial charge in [0.25, 0.3) is 0 Å². The van der Waals surface area contributed by atoms with Crippen molar-refractivity contribution in [1.29, 1.82) is 0 Å². The standard InChI is InChI=1S/CH2NO.Li.H3O4P/c2-1-3;;1-5(2,3)4/h(H2,2,3);;(H3,1,2,3,4). The SMILES string of the molecule is O=P(O)(O)O.[Li][C](N)=O. The van der Waals surface area contributed by atoms with Crippen molar-refractivity contribution in [1.82, 2.24) is 0 Å². The van der Waals surface area contributed by atoms with Crippen LogP contribution in [0, 0.1) is 0 Å². The summed E-state index contributed by atoms with van der Waals surface area (Å²) in [6.07, 6.45) is 0. The van der Waals surface area contributed by atoms with Gasteiger partial charge in [0.15, 0.2) is 0 Å². The van der Waals surface area contributed by atoms with E-state index in [2.05, 4.69) is 5.73 Å². The second-order valence-electron chi connectivity index (χ2n) is 1.12. The van der Waals surface area contributed by atoms with Gasteiger partial charge in [-0.25, -0.2) is 4.57 Å². The van der Waals surface area contributed by atoms with Crippen LogP contribution in [0.15, 0.2) is 0 Å². The number of rotatable bonds is 0. The zero-order valence-corrected chi connectivity index (χ0v) is 5.58. The monoisotopic (exact) mass is 149 g/mol. The maximum atomic E-state index is 9.22. The summed E-state index contributed by atoms with van der Waals surface area (Å²) in [5.41, 5.74) is 4.47. The van der Waals surface area contributed by atoms with Crippen molar-refractivity contribution in [3.63, 3.8) is 0 Å². The summed E-state index contributed by atoms with van der Waals surface area (Å²) in [7, 11) is -4.64. The van der Waals surface area contributed by atoms with Gasteiger partial charge in [-0.2, -0.15) is 0 Å². The van der Waals surface area contributed by atoms with E-state index in [1.807, 2.05) is 0 Å². The molecule has 0 unspecified atom stereocenters. The van der Waals surface area contributed by atoms with Gasteiger partial charge in [-0.15, -0.1) is 0 Å². The molecule has 0 aromatic carbocycles. The van der Waals surface area contributed by atoms with Crippen LogP contribution in [0.25, 0.3) is 0 Å². The van der Waals surface area contributed by atoms with E-state index in [1.165, 1.54) is 17.7 Å². The molecule has 0 radical (unpaired) electrons. The molecule has 0 atom stereocenters. The maximum absolute atomic E-state index is 9.22. The van der Waals surface area contributed by atoms with E-state index in [-0.39, 0.29) is 4.58 Å². The topological polar surface area (TPSA) is 121 Å². The number of primary amides is 1. The zero-order chi connectivity index (χ0) is 8.08. The first-order chi connectivity index (χ1) is 3.73. The predicted molar refractivity (Wildman–Crippen MR) is 29.6 cm³/mol. The summed E-state index contributed by atoms with van der Waals surface area (Å²) in [4.78, 5) is 30.8. The Morgan fingerprint density at radius 3 is 1.44 bits per heavy atom. The van der Waals surface area contributed by atoms with Crippen LogP contribution in [0.3, 0.4) is 0 Å². The third kappa shape index (κ3) is 9920. The number of phosphoric acid groups is 1. The Balaban J connectivity index is 0. The summed E-state index contributed by atoms with van der Waals surface area (Å²) in [5, 5.41) is 0. The molecule has 1 amide bonds. The minimum absolute atomic E-state index is 0.333. The van der Waals surface area contributed by atoms with Crippen LogP contribution in [0.2, 0.25) is 0 Å². The Morgan fingerprint density at radius 1 is 1.44 bits per heavy atom. The fourth-order valence-corrected chi connectivity index (χ4v) is 0. The van der Waals surface area contributed by atoms with Crippen molar-refractivity contribution in [2.75, 3.05) is 0 Å². The van der Waals surface area contributed by atoms with Gasteiger partial charge < -0.3 is 14.7 Å². The molecule has 0 saturated heterocycles. The van der Waals surface area contributed by atoms with Crippen LogP contribution in [-0.2, 0) is 4.57 Å². The van der Waals surface area contributed by atoms with Gasteiger partial charge in [-0.05, 0) is 0 Å². The normalized spacial score (nSPS) is 9.44. The Bertz CT molecular complexity index is 117. The molecular weight excluding hydrogens is 144 g/mol. The summed E-state index contributed by atoms with van der Waals surface area (Å²) in [6.45, 7) is 0. The predicted octanol–water partition coefficient (Wildman–Crippen LogP) is -1.69. The van der Waals surface area contributed by atoms with Gasteiger partial charge in [0, 0.05) is 0 Å². The van der Waals surface area contributed by atoms with Crippen LogP contribution >= 0.6 is 7.82 Å². The Labute approximate surface area is 60.5 Å². The molecule has 0 saturated carbocycles. The molecule has 0 bridgehead atoms. The Kier molecular flexibility index (Phi) is 6.62. The Hall–Kier alpha value is 0.177. The van der Waals surface area contributed by atoms with Crippen LogP contribution < -0.4 is 5.73 Å². The van der Waals surface area contributed by atoms with Gasteiger partial charge in [0.1, 0.15) is 0 Å². The fourth-order valence-electron chi connectivity index (χ4n) is 0. The first-order valence-corrected chi connectivity index (χ1v) is 3.34. The van der Waals surface area contributed by atoms with Crippen molar-refractivity contribution in [3.8, 4) is 0 Å². The average Bonchev–Trinajstić information content (AvgIpc) is 1.19. The Morgan fingerprint density at radius 2 is 1.44 bits per heavy atom. The van der Waals surface area contributed by atoms with Gasteiger partial charge in [0.05, 0.1) is 0 Å². The van der Waals surface area contributed by atoms with Gasteiger partial charge in [0.2, 0.25) is 0 Å². The van der Waals surface area contributed by atoms with Crippen LogP contribution in [0.4, 0.5) is 4.79 Å². The molecule has 0 aliphatic heterocycles. The molecule has 8 heteroatoms. The van der Waals surface area contributed by atoms with E-state index < -0.39 is 7.82 Å². The number of nitrogens with two attached hydrogens (primary N) is 1. The van der Waals surface area contributed by atoms with Crippen LogP contribution in [-0.4, -0.2) is 37.0 Å².